The third-order valence-electron chi connectivity index (χ3n) is 4.75. The van der Waals surface area contributed by atoms with E-state index < -0.39 is 0 Å². The molecule has 2 aromatic carbocycles. The largest absolute Gasteiger partial charge is 0.490 e. The predicted molar refractivity (Wildman–Crippen MR) is 113 cm³/mol. The zero-order chi connectivity index (χ0) is 19.3. The van der Waals surface area contributed by atoms with E-state index in [2.05, 4.69) is 44.8 Å². The lowest BCUT2D eigenvalue weighted by atomic mass is 10.1. The quantitative estimate of drug-likeness (QED) is 0.455. The maximum Gasteiger partial charge on any atom is 0.138 e. The summed E-state index contributed by atoms with van der Waals surface area (Å²) in [6, 6.07) is 18.5. The third kappa shape index (κ3) is 4.16. The second-order valence-corrected chi connectivity index (χ2v) is 7.03. The summed E-state index contributed by atoms with van der Waals surface area (Å²) < 4.78 is 6.02. The van der Waals surface area contributed by atoms with Gasteiger partial charge in [-0.15, -0.1) is 0 Å². The van der Waals surface area contributed by atoms with Gasteiger partial charge < -0.3 is 10.1 Å². The topological polar surface area (TPSA) is 62.8 Å². The van der Waals surface area contributed by atoms with E-state index in [-0.39, 0.29) is 6.04 Å². The Morgan fingerprint density at radius 1 is 1.11 bits per heavy atom. The Balaban J connectivity index is 1.50. The lowest BCUT2D eigenvalue weighted by Gasteiger charge is -2.17. The van der Waals surface area contributed by atoms with Crippen LogP contribution in [0.3, 0.4) is 0 Å². The minimum Gasteiger partial charge on any atom is -0.490 e. The molecule has 28 heavy (non-hydrogen) atoms. The maximum atomic E-state index is 6.35. The number of H-pyrrole nitrogens is 1. The maximum absolute atomic E-state index is 6.35. The summed E-state index contributed by atoms with van der Waals surface area (Å²) in [5.74, 6) is 0.694. The van der Waals surface area contributed by atoms with E-state index in [1.807, 2.05) is 37.4 Å². The fourth-order valence-electron chi connectivity index (χ4n) is 3.16. The van der Waals surface area contributed by atoms with Gasteiger partial charge in [0.15, 0.2) is 0 Å². The van der Waals surface area contributed by atoms with Crippen LogP contribution in [0.5, 0.6) is 5.75 Å². The van der Waals surface area contributed by atoms with Crippen molar-refractivity contribution in [1.82, 2.24) is 20.5 Å². The first-order valence-electron chi connectivity index (χ1n) is 9.16. The molecule has 2 N–H and O–H groups in total. The van der Waals surface area contributed by atoms with Crippen molar-refractivity contribution >= 4 is 22.5 Å². The van der Waals surface area contributed by atoms with Crippen molar-refractivity contribution < 1.29 is 4.74 Å². The van der Waals surface area contributed by atoms with Gasteiger partial charge in [-0.05, 0) is 42.8 Å². The Hall–Kier alpha value is -2.89. The molecule has 0 spiro atoms. The molecule has 2 heterocycles. The molecule has 2 aromatic heterocycles. The summed E-state index contributed by atoms with van der Waals surface area (Å²) >= 11 is 6.35. The summed E-state index contributed by atoms with van der Waals surface area (Å²) in [5.41, 5.74) is 4.07. The monoisotopic (exact) mass is 392 g/mol. The van der Waals surface area contributed by atoms with Crippen LogP contribution in [0.4, 0.5) is 0 Å². The minimum atomic E-state index is 0.198. The highest BCUT2D eigenvalue weighted by atomic mass is 35.5. The molecule has 0 saturated carbocycles. The average Bonchev–Trinajstić information content (AvgIpc) is 3.20. The highest BCUT2D eigenvalue weighted by molar-refractivity contribution is 6.32. The van der Waals surface area contributed by atoms with Crippen molar-refractivity contribution in [2.45, 2.75) is 12.5 Å². The van der Waals surface area contributed by atoms with E-state index >= 15 is 0 Å². The van der Waals surface area contributed by atoms with Crippen LogP contribution in [0.2, 0.25) is 5.15 Å². The van der Waals surface area contributed by atoms with Gasteiger partial charge in [0.25, 0.3) is 0 Å². The molecule has 4 aromatic rings. The molecule has 5 nitrogen and oxygen atoms in total. The average molecular weight is 393 g/mol. The molecule has 6 heteroatoms. The molecule has 0 amide bonds. The molecule has 4 rings (SSSR count). The summed E-state index contributed by atoms with van der Waals surface area (Å²) in [6.45, 7) is 0.537. The zero-order valence-electron chi connectivity index (χ0n) is 15.5. The number of pyridine rings is 1. The van der Waals surface area contributed by atoms with Crippen LogP contribution >= 0.6 is 11.6 Å². The lowest BCUT2D eigenvalue weighted by molar-refractivity contribution is 0.269. The molecule has 0 saturated heterocycles. The first-order chi connectivity index (χ1) is 13.7. The molecule has 0 radical (unpaired) electrons. The van der Waals surface area contributed by atoms with Crippen molar-refractivity contribution in [3.05, 3.63) is 77.7 Å². The molecule has 0 aliphatic carbocycles. The molecule has 0 fully saturated rings. The Morgan fingerprint density at radius 2 is 1.96 bits per heavy atom. The molecule has 0 bridgehead atoms. The van der Waals surface area contributed by atoms with Gasteiger partial charge in [-0.25, -0.2) is 4.98 Å². The number of likely N-dealkylation sites (N-methyl/N-ethyl adjacent to an activating group) is 1. The van der Waals surface area contributed by atoms with Gasteiger partial charge in [-0.1, -0.05) is 48.0 Å². The highest BCUT2D eigenvalue weighted by Crippen LogP contribution is 2.31. The molecular weight excluding hydrogens is 372 g/mol. The van der Waals surface area contributed by atoms with Crippen molar-refractivity contribution in [2.24, 2.45) is 0 Å². The molecule has 1 atom stereocenters. The number of halogens is 1. The smallest absolute Gasteiger partial charge is 0.138 e. The SMILES string of the molecule is CN[C@@H](COc1cnc(Cl)c(-c2ccc3[nH]ncc3c2)c1)Cc1ccccc1. The first-order valence-corrected chi connectivity index (χ1v) is 9.54. The van der Waals surface area contributed by atoms with Gasteiger partial charge in [0, 0.05) is 17.0 Å². The predicted octanol–water partition coefficient (Wildman–Crippen LogP) is 4.49. The number of aromatic amines is 1. The van der Waals surface area contributed by atoms with E-state index in [1.165, 1.54) is 5.56 Å². The van der Waals surface area contributed by atoms with Gasteiger partial charge >= 0.3 is 0 Å². The second kappa shape index (κ2) is 8.42. The van der Waals surface area contributed by atoms with Crippen molar-refractivity contribution in [3.63, 3.8) is 0 Å². The van der Waals surface area contributed by atoms with Crippen LogP contribution < -0.4 is 10.1 Å². The van der Waals surface area contributed by atoms with Crippen LogP contribution in [-0.4, -0.2) is 34.9 Å². The zero-order valence-corrected chi connectivity index (χ0v) is 16.3. The van der Waals surface area contributed by atoms with Gasteiger partial charge in [0.1, 0.15) is 17.5 Å². The van der Waals surface area contributed by atoms with E-state index in [0.29, 0.717) is 17.5 Å². The highest BCUT2D eigenvalue weighted by Gasteiger charge is 2.12. The number of hydrogen-bond acceptors (Lipinski definition) is 4. The molecule has 0 unspecified atom stereocenters. The van der Waals surface area contributed by atoms with Crippen LogP contribution in [0, 0.1) is 0 Å². The van der Waals surface area contributed by atoms with Gasteiger partial charge in [-0.2, -0.15) is 5.10 Å². The van der Waals surface area contributed by atoms with E-state index in [0.717, 1.165) is 28.5 Å². The molecule has 0 aliphatic heterocycles. The van der Waals surface area contributed by atoms with Crippen LogP contribution in [0.15, 0.2) is 67.0 Å². The lowest BCUT2D eigenvalue weighted by Crippen LogP contribution is -2.33. The first kappa shape index (κ1) is 18.5. The van der Waals surface area contributed by atoms with Crippen LogP contribution in [0.1, 0.15) is 5.56 Å². The number of nitrogens with zero attached hydrogens (tertiary/aromatic N) is 2. The van der Waals surface area contributed by atoms with E-state index in [1.54, 1.807) is 12.4 Å². The Kier molecular flexibility index (Phi) is 5.55. The Bertz CT molecular complexity index is 1060. The number of rotatable bonds is 7. The number of benzene rings is 2. The van der Waals surface area contributed by atoms with Crippen molar-refractivity contribution in [2.75, 3.05) is 13.7 Å². The van der Waals surface area contributed by atoms with E-state index in [9.17, 15) is 0 Å². The van der Waals surface area contributed by atoms with Crippen molar-refractivity contribution in [1.29, 1.82) is 0 Å². The van der Waals surface area contributed by atoms with Crippen molar-refractivity contribution in [3.8, 4) is 16.9 Å². The molecule has 142 valence electrons. The van der Waals surface area contributed by atoms with Crippen LogP contribution in [-0.2, 0) is 6.42 Å². The van der Waals surface area contributed by atoms with Gasteiger partial charge in [0.2, 0.25) is 0 Å². The normalized spacial score (nSPS) is 12.2. The summed E-state index contributed by atoms with van der Waals surface area (Å²) in [4.78, 5) is 4.31. The second-order valence-electron chi connectivity index (χ2n) is 6.67. The number of ether oxygens (including phenoxy) is 1. The Morgan fingerprint density at radius 3 is 2.79 bits per heavy atom. The summed E-state index contributed by atoms with van der Waals surface area (Å²) in [5, 5.41) is 11.8. The summed E-state index contributed by atoms with van der Waals surface area (Å²) in [6.07, 6.45) is 4.35. The van der Waals surface area contributed by atoms with E-state index in [4.69, 9.17) is 16.3 Å². The fraction of sp³-hybridized carbons (Fsp3) is 0.182. The fourth-order valence-corrected chi connectivity index (χ4v) is 3.37. The molecule has 0 aliphatic rings. The van der Waals surface area contributed by atoms with Gasteiger partial charge in [-0.3, -0.25) is 5.10 Å². The number of hydrogen-bond donors (Lipinski definition) is 2. The van der Waals surface area contributed by atoms with Crippen LogP contribution in [0.25, 0.3) is 22.0 Å². The Labute approximate surface area is 168 Å². The molecular formula is C22H21ClN4O. The minimum absolute atomic E-state index is 0.198. The third-order valence-corrected chi connectivity index (χ3v) is 5.05. The number of nitrogens with one attached hydrogen (secondary N) is 2. The number of fused-ring (bicyclic) bond motifs is 1. The van der Waals surface area contributed by atoms with Gasteiger partial charge in [0.05, 0.1) is 17.9 Å². The standard InChI is InChI=1S/C22H21ClN4O/c1-24-18(9-15-5-3-2-4-6-15)14-28-19-11-20(22(23)25-13-19)16-7-8-21-17(10-16)12-26-27-21/h2-8,10-13,18,24H,9,14H2,1H3,(H,26,27)/t18-/m1/s1. The number of aromatic nitrogens is 3. The summed E-state index contributed by atoms with van der Waals surface area (Å²) in [7, 11) is 1.95.